The predicted molar refractivity (Wildman–Crippen MR) is 94.5 cm³/mol. The Morgan fingerprint density at radius 2 is 2.12 bits per heavy atom. The Hall–Kier alpha value is -1.91. The molecule has 128 valence electrons. The van der Waals surface area contributed by atoms with Gasteiger partial charge >= 0.3 is 0 Å². The second-order valence-corrected chi connectivity index (χ2v) is 8.16. The first-order chi connectivity index (χ1) is 11.4. The fraction of sp³-hybridized carbons (Fsp3) is 0.632. The van der Waals surface area contributed by atoms with Crippen LogP contribution in [-0.4, -0.2) is 28.7 Å². The monoisotopic (exact) mass is 327 g/mol. The lowest BCUT2D eigenvalue weighted by Gasteiger charge is -2.38. The van der Waals surface area contributed by atoms with Gasteiger partial charge in [0.2, 0.25) is 0 Å². The molecule has 2 saturated carbocycles. The van der Waals surface area contributed by atoms with E-state index in [9.17, 15) is 10.1 Å². The summed E-state index contributed by atoms with van der Waals surface area (Å²) in [6.45, 7) is 8.62. The van der Waals surface area contributed by atoms with E-state index in [4.69, 9.17) is 4.99 Å². The molecular weight excluding hydrogens is 302 g/mol. The maximum Gasteiger partial charge on any atom is 0.269 e. The second kappa shape index (κ2) is 5.57. The van der Waals surface area contributed by atoms with Crippen LogP contribution in [0.4, 0.5) is 11.4 Å². The highest BCUT2D eigenvalue weighted by Gasteiger charge is 2.59. The number of aliphatic imine (C=N–C) groups is 1. The first-order valence-corrected chi connectivity index (χ1v) is 9.02. The fourth-order valence-corrected chi connectivity index (χ4v) is 4.80. The zero-order valence-corrected chi connectivity index (χ0v) is 14.6. The molecule has 4 unspecified atom stereocenters. The largest absolute Gasteiger partial charge is 0.359 e. The number of non-ortho nitro benzene ring substituents is 1. The molecule has 2 bridgehead atoms. The van der Waals surface area contributed by atoms with E-state index in [2.05, 4.69) is 18.7 Å². The van der Waals surface area contributed by atoms with Crippen LogP contribution in [0, 0.1) is 46.6 Å². The van der Waals surface area contributed by atoms with Crippen LogP contribution >= 0.6 is 0 Å². The minimum absolute atomic E-state index is 0.141. The third-order valence-electron chi connectivity index (χ3n) is 5.89. The van der Waals surface area contributed by atoms with E-state index in [1.54, 1.807) is 18.2 Å². The summed E-state index contributed by atoms with van der Waals surface area (Å²) in [6.07, 6.45) is 2.66. The van der Waals surface area contributed by atoms with Gasteiger partial charge in [0.1, 0.15) is 5.84 Å². The van der Waals surface area contributed by atoms with Gasteiger partial charge in [-0.25, -0.2) is 4.99 Å². The molecule has 1 heterocycles. The summed E-state index contributed by atoms with van der Waals surface area (Å²) in [5.41, 5.74) is 1.91. The van der Waals surface area contributed by atoms with Gasteiger partial charge in [-0.15, -0.1) is 0 Å². The Morgan fingerprint density at radius 1 is 1.33 bits per heavy atom. The van der Waals surface area contributed by atoms with Crippen molar-refractivity contribution >= 4 is 17.2 Å². The molecule has 2 aliphatic carbocycles. The number of likely N-dealkylation sites (tertiary alicyclic amines) is 1. The quantitative estimate of drug-likeness (QED) is 0.616. The molecule has 3 fully saturated rings. The molecule has 5 nitrogen and oxygen atoms in total. The Labute approximate surface area is 142 Å². The van der Waals surface area contributed by atoms with E-state index < -0.39 is 0 Å². The van der Waals surface area contributed by atoms with Gasteiger partial charge in [-0.2, -0.15) is 0 Å². The van der Waals surface area contributed by atoms with Crippen LogP contribution in [0.2, 0.25) is 0 Å². The molecule has 1 aromatic carbocycles. The number of hydrogen-bond donors (Lipinski definition) is 0. The first-order valence-electron chi connectivity index (χ1n) is 9.02. The van der Waals surface area contributed by atoms with Gasteiger partial charge in [-0.1, -0.05) is 13.8 Å². The fourth-order valence-electron chi connectivity index (χ4n) is 4.80. The number of piperidine rings is 1. The zero-order valence-electron chi connectivity index (χ0n) is 14.6. The van der Waals surface area contributed by atoms with Crippen LogP contribution in [0.5, 0.6) is 0 Å². The lowest BCUT2D eigenvalue weighted by Crippen LogP contribution is -2.45. The molecule has 1 saturated heterocycles. The number of hydrogen-bond acceptors (Lipinski definition) is 3. The minimum atomic E-state index is -0.341. The molecule has 1 aliphatic heterocycles. The lowest BCUT2D eigenvalue weighted by atomic mass is 9.90. The van der Waals surface area contributed by atoms with E-state index in [-0.39, 0.29) is 10.6 Å². The van der Waals surface area contributed by atoms with Gasteiger partial charge in [0.05, 0.1) is 10.6 Å². The summed E-state index contributed by atoms with van der Waals surface area (Å²) in [5, 5.41) is 10.9. The molecule has 4 atom stereocenters. The van der Waals surface area contributed by atoms with Crippen molar-refractivity contribution in [3.05, 3.63) is 33.9 Å². The molecular formula is C19H25N3O2. The average Bonchev–Trinajstić information content (AvgIpc) is 3.25. The van der Waals surface area contributed by atoms with E-state index >= 15 is 0 Å². The van der Waals surface area contributed by atoms with E-state index in [1.807, 2.05) is 6.92 Å². The number of aryl methyl sites for hydroxylation is 1. The van der Waals surface area contributed by atoms with E-state index in [0.29, 0.717) is 11.8 Å². The topological polar surface area (TPSA) is 58.7 Å². The SMILES string of the molecule is Cc1cc([N+](=O)[O-])ccc1N=C1C2CC(CN1CC(C)C)C1CC21. The van der Waals surface area contributed by atoms with Crippen molar-refractivity contribution in [3.8, 4) is 0 Å². The van der Waals surface area contributed by atoms with Crippen molar-refractivity contribution in [2.75, 3.05) is 13.1 Å². The van der Waals surface area contributed by atoms with Crippen LogP contribution < -0.4 is 0 Å². The van der Waals surface area contributed by atoms with Crippen molar-refractivity contribution in [2.45, 2.75) is 33.6 Å². The van der Waals surface area contributed by atoms with Crippen molar-refractivity contribution in [1.82, 2.24) is 4.90 Å². The van der Waals surface area contributed by atoms with Gasteiger partial charge in [-0.05, 0) is 55.1 Å². The number of nitro benzene ring substituents is 1. The smallest absolute Gasteiger partial charge is 0.269 e. The van der Waals surface area contributed by atoms with Gasteiger partial charge in [-0.3, -0.25) is 10.1 Å². The molecule has 1 aromatic rings. The summed E-state index contributed by atoms with van der Waals surface area (Å²) < 4.78 is 0. The number of benzene rings is 1. The van der Waals surface area contributed by atoms with Gasteiger partial charge in [0.25, 0.3) is 5.69 Å². The lowest BCUT2D eigenvalue weighted by molar-refractivity contribution is -0.384. The number of rotatable bonds is 4. The van der Waals surface area contributed by atoms with Gasteiger partial charge in [0, 0.05) is 31.1 Å². The van der Waals surface area contributed by atoms with E-state index in [0.717, 1.165) is 42.1 Å². The summed E-state index contributed by atoms with van der Waals surface area (Å²) in [7, 11) is 0. The predicted octanol–water partition coefficient (Wildman–Crippen LogP) is 4.18. The van der Waals surface area contributed by atoms with Crippen molar-refractivity contribution in [1.29, 1.82) is 0 Å². The summed E-state index contributed by atoms with van der Waals surface area (Å²) in [6, 6.07) is 5.01. The molecule has 3 aliphatic rings. The number of amidine groups is 1. The minimum Gasteiger partial charge on any atom is -0.359 e. The molecule has 4 rings (SSSR count). The van der Waals surface area contributed by atoms with Crippen LogP contribution in [0.3, 0.4) is 0 Å². The molecule has 0 amide bonds. The number of fused-ring (bicyclic) bond motifs is 5. The Kier molecular flexibility index (Phi) is 3.62. The summed E-state index contributed by atoms with van der Waals surface area (Å²) in [4.78, 5) is 18.1. The van der Waals surface area contributed by atoms with Gasteiger partial charge < -0.3 is 4.90 Å². The maximum atomic E-state index is 10.9. The normalized spacial score (nSPS) is 32.3. The summed E-state index contributed by atoms with van der Waals surface area (Å²) in [5.74, 6) is 5.07. The third kappa shape index (κ3) is 2.60. The zero-order chi connectivity index (χ0) is 17.0. The van der Waals surface area contributed by atoms with Crippen LogP contribution in [0.1, 0.15) is 32.3 Å². The molecule has 0 spiro atoms. The standard InChI is InChI=1S/C19H25N3O2/c1-11(2)9-21-10-13-7-17(16-8-15(13)16)19(21)20-18-5-4-14(22(23)24)6-12(18)3/h4-6,11,13,15-17H,7-10H2,1-3H3. The van der Waals surface area contributed by atoms with Crippen LogP contribution in [-0.2, 0) is 0 Å². The van der Waals surface area contributed by atoms with E-state index in [1.165, 1.54) is 18.7 Å². The first kappa shape index (κ1) is 15.6. The maximum absolute atomic E-state index is 10.9. The summed E-state index contributed by atoms with van der Waals surface area (Å²) >= 11 is 0. The van der Waals surface area contributed by atoms with Gasteiger partial charge in [0.15, 0.2) is 0 Å². The molecule has 5 heteroatoms. The highest BCUT2D eigenvalue weighted by Crippen LogP contribution is 2.61. The Morgan fingerprint density at radius 3 is 2.79 bits per heavy atom. The molecule has 0 radical (unpaired) electrons. The highest BCUT2D eigenvalue weighted by molar-refractivity contribution is 5.89. The van der Waals surface area contributed by atoms with Crippen molar-refractivity contribution < 1.29 is 4.92 Å². The molecule has 24 heavy (non-hydrogen) atoms. The number of nitro groups is 1. The average molecular weight is 327 g/mol. The van der Waals surface area contributed by atoms with Crippen molar-refractivity contribution in [2.24, 2.45) is 34.6 Å². The van der Waals surface area contributed by atoms with Crippen molar-refractivity contribution in [3.63, 3.8) is 0 Å². The number of nitrogens with zero attached hydrogens (tertiary/aromatic N) is 3. The van der Waals surface area contributed by atoms with Crippen LogP contribution in [0.15, 0.2) is 23.2 Å². The highest BCUT2D eigenvalue weighted by atomic mass is 16.6. The second-order valence-electron chi connectivity index (χ2n) is 8.16. The van der Waals surface area contributed by atoms with Crippen LogP contribution in [0.25, 0.3) is 0 Å². The Bertz CT molecular complexity index is 713. The Balaban J connectivity index is 1.68. The molecule has 0 aromatic heterocycles. The molecule has 0 N–H and O–H groups in total. The third-order valence-corrected chi connectivity index (χ3v) is 5.89.